The van der Waals surface area contributed by atoms with Crippen molar-refractivity contribution in [2.45, 2.75) is 20.8 Å². The minimum absolute atomic E-state index is 0.136. The number of aromatic nitrogens is 2. The Kier molecular flexibility index (Phi) is 4.54. The van der Waals surface area contributed by atoms with Gasteiger partial charge in [-0.25, -0.2) is 9.37 Å². The molecule has 20 heavy (non-hydrogen) atoms. The van der Waals surface area contributed by atoms with Gasteiger partial charge in [0.2, 0.25) is 5.88 Å². The lowest BCUT2D eigenvalue weighted by Crippen LogP contribution is -2.06. The molecule has 1 aromatic heterocycles. The first-order valence-electron chi connectivity index (χ1n) is 6.23. The average molecular weight is 340 g/mol. The predicted octanol–water partition coefficient (Wildman–Crippen LogP) is 4.22. The van der Waals surface area contributed by atoms with Crippen molar-refractivity contribution in [2.24, 2.45) is 0 Å². The van der Waals surface area contributed by atoms with E-state index in [0.717, 1.165) is 12.1 Å². The first-order valence-corrected chi connectivity index (χ1v) is 7.02. The molecule has 4 nitrogen and oxygen atoms in total. The lowest BCUT2D eigenvalue weighted by atomic mass is 10.3. The van der Waals surface area contributed by atoms with Crippen molar-refractivity contribution in [3.63, 3.8) is 0 Å². The third kappa shape index (κ3) is 3.25. The molecule has 0 amide bonds. The van der Waals surface area contributed by atoms with E-state index < -0.39 is 5.82 Å². The third-order valence-corrected chi connectivity index (χ3v) is 3.15. The highest BCUT2D eigenvalue weighted by molar-refractivity contribution is 9.10. The zero-order valence-electron chi connectivity index (χ0n) is 11.5. The number of hydrogen-bond acceptors (Lipinski definition) is 4. The van der Waals surface area contributed by atoms with Crippen LogP contribution >= 0.6 is 15.9 Å². The lowest BCUT2D eigenvalue weighted by Gasteiger charge is -2.13. The molecular weight excluding hydrogens is 325 g/mol. The van der Waals surface area contributed by atoms with Crippen LogP contribution in [0.5, 0.6) is 11.6 Å². The van der Waals surface area contributed by atoms with Crippen LogP contribution in [-0.2, 0) is 0 Å². The van der Waals surface area contributed by atoms with E-state index in [2.05, 4.69) is 31.2 Å². The van der Waals surface area contributed by atoms with E-state index in [4.69, 9.17) is 4.74 Å². The van der Waals surface area contributed by atoms with Gasteiger partial charge in [0.05, 0.1) is 5.56 Å². The van der Waals surface area contributed by atoms with Crippen LogP contribution < -0.4 is 10.1 Å². The zero-order valence-corrected chi connectivity index (χ0v) is 13.1. The fraction of sp³-hybridized carbons (Fsp3) is 0.286. The van der Waals surface area contributed by atoms with Gasteiger partial charge in [-0.2, -0.15) is 4.98 Å². The maximum absolute atomic E-state index is 13.8. The van der Waals surface area contributed by atoms with Crippen LogP contribution in [0.2, 0.25) is 0 Å². The smallest absolute Gasteiger partial charge is 0.227 e. The molecule has 1 aromatic carbocycles. The molecule has 0 spiro atoms. The number of anilines is 1. The van der Waals surface area contributed by atoms with Crippen molar-refractivity contribution in [1.29, 1.82) is 0 Å². The second kappa shape index (κ2) is 6.17. The Morgan fingerprint density at radius 1 is 1.30 bits per heavy atom. The molecule has 2 aromatic rings. The largest absolute Gasteiger partial charge is 0.435 e. The van der Waals surface area contributed by atoms with Crippen LogP contribution in [0.25, 0.3) is 0 Å². The number of ether oxygens (including phenoxy) is 1. The van der Waals surface area contributed by atoms with Gasteiger partial charge in [0.1, 0.15) is 11.6 Å². The van der Waals surface area contributed by atoms with Crippen molar-refractivity contribution >= 4 is 21.7 Å². The maximum Gasteiger partial charge on any atom is 0.227 e. The number of halogens is 2. The Balaban J connectivity index is 2.37. The summed E-state index contributed by atoms with van der Waals surface area (Å²) in [6.07, 6.45) is 0. The van der Waals surface area contributed by atoms with Gasteiger partial charge in [0.25, 0.3) is 0 Å². The molecule has 2 rings (SSSR count). The summed E-state index contributed by atoms with van der Waals surface area (Å²) in [5.74, 6) is 1.32. The normalized spacial score (nSPS) is 10.4. The second-order valence-electron chi connectivity index (χ2n) is 4.26. The van der Waals surface area contributed by atoms with E-state index in [1.165, 1.54) is 6.07 Å². The molecule has 0 saturated heterocycles. The van der Waals surface area contributed by atoms with Crippen LogP contribution in [0.4, 0.5) is 10.2 Å². The van der Waals surface area contributed by atoms with Gasteiger partial charge < -0.3 is 10.1 Å². The number of aryl methyl sites for hydroxylation is 1. The van der Waals surface area contributed by atoms with Crippen molar-refractivity contribution in [3.05, 3.63) is 39.9 Å². The van der Waals surface area contributed by atoms with E-state index in [1.807, 2.05) is 13.8 Å². The standard InChI is InChI=1S/C14H15BrFN3O/c1-4-17-13-8(2)14(19-9(3)18-13)20-12-6-5-10(15)7-11(12)16/h5-7H,4H2,1-3H3,(H,17,18,19). The summed E-state index contributed by atoms with van der Waals surface area (Å²) in [6.45, 7) is 6.32. The summed E-state index contributed by atoms with van der Waals surface area (Å²) < 4.78 is 20.0. The Morgan fingerprint density at radius 3 is 2.70 bits per heavy atom. The van der Waals surface area contributed by atoms with Gasteiger partial charge >= 0.3 is 0 Å². The predicted molar refractivity (Wildman–Crippen MR) is 79.8 cm³/mol. The molecule has 0 bridgehead atoms. The van der Waals surface area contributed by atoms with Gasteiger partial charge in [0, 0.05) is 11.0 Å². The summed E-state index contributed by atoms with van der Waals surface area (Å²) >= 11 is 3.21. The summed E-state index contributed by atoms with van der Waals surface area (Å²) in [7, 11) is 0. The van der Waals surface area contributed by atoms with Gasteiger partial charge in [-0.3, -0.25) is 0 Å². The van der Waals surface area contributed by atoms with Gasteiger partial charge in [-0.15, -0.1) is 0 Å². The molecule has 1 heterocycles. The van der Waals surface area contributed by atoms with Crippen LogP contribution in [0, 0.1) is 19.7 Å². The highest BCUT2D eigenvalue weighted by Crippen LogP contribution is 2.29. The SMILES string of the molecule is CCNc1nc(C)nc(Oc2ccc(Br)cc2F)c1C. The van der Waals surface area contributed by atoms with Crippen molar-refractivity contribution in [1.82, 2.24) is 9.97 Å². The first-order chi connectivity index (χ1) is 9.51. The fourth-order valence-electron chi connectivity index (χ4n) is 1.70. The summed E-state index contributed by atoms with van der Waals surface area (Å²) in [6, 6.07) is 4.63. The molecule has 1 N–H and O–H groups in total. The molecule has 0 unspecified atom stereocenters. The number of rotatable bonds is 4. The van der Waals surface area contributed by atoms with Crippen molar-refractivity contribution in [2.75, 3.05) is 11.9 Å². The van der Waals surface area contributed by atoms with E-state index in [-0.39, 0.29) is 5.75 Å². The van der Waals surface area contributed by atoms with Crippen LogP contribution in [-0.4, -0.2) is 16.5 Å². The number of nitrogens with zero attached hydrogens (tertiary/aromatic N) is 2. The Bertz CT molecular complexity index is 634. The molecule has 106 valence electrons. The summed E-state index contributed by atoms with van der Waals surface area (Å²) in [5.41, 5.74) is 0.750. The maximum atomic E-state index is 13.8. The van der Waals surface area contributed by atoms with Gasteiger partial charge in [0.15, 0.2) is 11.6 Å². The van der Waals surface area contributed by atoms with Crippen molar-refractivity contribution < 1.29 is 9.13 Å². The molecule has 6 heteroatoms. The first kappa shape index (κ1) is 14.7. The molecule has 0 aliphatic carbocycles. The number of benzene rings is 1. The highest BCUT2D eigenvalue weighted by atomic mass is 79.9. The summed E-state index contributed by atoms with van der Waals surface area (Å²) in [5, 5.41) is 3.13. The molecular formula is C14H15BrFN3O. The molecule has 0 aliphatic heterocycles. The number of hydrogen-bond donors (Lipinski definition) is 1. The third-order valence-electron chi connectivity index (χ3n) is 2.66. The average Bonchev–Trinajstić information content (AvgIpc) is 2.38. The Labute approximate surface area is 125 Å². The van der Waals surface area contributed by atoms with Gasteiger partial charge in [-0.05, 0) is 39.0 Å². The fourth-order valence-corrected chi connectivity index (χ4v) is 2.04. The van der Waals surface area contributed by atoms with E-state index in [1.54, 1.807) is 19.1 Å². The van der Waals surface area contributed by atoms with Crippen LogP contribution in [0.1, 0.15) is 18.3 Å². The van der Waals surface area contributed by atoms with Gasteiger partial charge in [-0.1, -0.05) is 15.9 Å². The topological polar surface area (TPSA) is 47.0 Å². The minimum atomic E-state index is -0.444. The minimum Gasteiger partial charge on any atom is -0.435 e. The molecule has 0 saturated carbocycles. The van der Waals surface area contributed by atoms with E-state index >= 15 is 0 Å². The molecule has 0 atom stereocenters. The molecule has 0 radical (unpaired) electrons. The summed E-state index contributed by atoms with van der Waals surface area (Å²) in [4.78, 5) is 8.52. The second-order valence-corrected chi connectivity index (χ2v) is 5.17. The Hall–Kier alpha value is -1.69. The Morgan fingerprint density at radius 2 is 2.05 bits per heavy atom. The van der Waals surface area contributed by atoms with Crippen LogP contribution in [0.15, 0.2) is 22.7 Å². The van der Waals surface area contributed by atoms with Crippen LogP contribution in [0.3, 0.4) is 0 Å². The number of nitrogens with one attached hydrogen (secondary N) is 1. The molecule has 0 aliphatic rings. The lowest BCUT2D eigenvalue weighted by molar-refractivity contribution is 0.422. The zero-order chi connectivity index (χ0) is 14.7. The van der Waals surface area contributed by atoms with Crippen molar-refractivity contribution in [3.8, 4) is 11.6 Å². The highest BCUT2D eigenvalue weighted by Gasteiger charge is 2.13. The quantitative estimate of drug-likeness (QED) is 0.905. The van der Waals surface area contributed by atoms with E-state index in [9.17, 15) is 4.39 Å². The molecule has 0 fully saturated rings. The monoisotopic (exact) mass is 339 g/mol. The van der Waals surface area contributed by atoms with E-state index in [0.29, 0.717) is 22.0 Å².